The second-order valence-electron chi connectivity index (χ2n) is 4.51. The van der Waals surface area contributed by atoms with Gasteiger partial charge in [0, 0.05) is 22.7 Å². The highest BCUT2D eigenvalue weighted by molar-refractivity contribution is 6.31. The molecule has 1 amide bonds. The molecule has 0 saturated heterocycles. The van der Waals surface area contributed by atoms with E-state index in [0.717, 1.165) is 0 Å². The number of nitrogens with one attached hydrogen (secondary N) is 1. The van der Waals surface area contributed by atoms with Gasteiger partial charge in [-0.1, -0.05) is 17.7 Å². The van der Waals surface area contributed by atoms with Crippen LogP contribution in [0.2, 0.25) is 5.02 Å². The number of carbonyl (C=O) groups is 1. The zero-order chi connectivity index (χ0) is 13.1. The molecule has 0 radical (unpaired) electrons. The van der Waals surface area contributed by atoms with Gasteiger partial charge in [0.2, 0.25) is 5.91 Å². The average Bonchev–Trinajstić information content (AvgIpc) is 2.23. The zero-order valence-electron chi connectivity index (χ0n) is 10.3. The molecular formula is C12H17Cl2FN2O. The minimum Gasteiger partial charge on any atom is -0.350 e. The molecule has 1 aromatic carbocycles. The van der Waals surface area contributed by atoms with Gasteiger partial charge in [-0.15, -0.1) is 12.4 Å². The maximum Gasteiger partial charge on any atom is 0.225 e. The molecular weight excluding hydrogens is 278 g/mol. The van der Waals surface area contributed by atoms with E-state index in [9.17, 15) is 9.18 Å². The highest BCUT2D eigenvalue weighted by Gasteiger charge is 2.20. The molecule has 0 aliphatic rings. The first kappa shape index (κ1) is 17.2. The van der Waals surface area contributed by atoms with Crippen LogP contribution in [0.1, 0.15) is 19.4 Å². The SMILES string of the molecule is CC(C)(CN)NC(=O)Cc1c(F)cccc1Cl.Cl. The lowest BCUT2D eigenvalue weighted by Crippen LogP contribution is -2.49. The standard InChI is InChI=1S/C12H16ClFN2O.ClH/c1-12(2,7-15)16-11(17)6-8-9(13)4-3-5-10(8)14;/h3-5H,6-7,15H2,1-2H3,(H,16,17);1H. The van der Waals surface area contributed by atoms with E-state index in [-0.39, 0.29) is 35.3 Å². The minimum atomic E-state index is -0.505. The van der Waals surface area contributed by atoms with Crippen LogP contribution in [0.5, 0.6) is 0 Å². The Balaban J connectivity index is 0.00000289. The quantitative estimate of drug-likeness (QED) is 0.895. The van der Waals surface area contributed by atoms with Crippen molar-refractivity contribution in [2.45, 2.75) is 25.8 Å². The van der Waals surface area contributed by atoms with Crippen LogP contribution in [0.3, 0.4) is 0 Å². The Kier molecular flexibility index (Phi) is 6.60. The van der Waals surface area contributed by atoms with E-state index >= 15 is 0 Å². The lowest BCUT2D eigenvalue weighted by Gasteiger charge is -2.24. The molecule has 102 valence electrons. The van der Waals surface area contributed by atoms with E-state index in [1.807, 2.05) is 0 Å². The monoisotopic (exact) mass is 294 g/mol. The fourth-order valence-corrected chi connectivity index (χ4v) is 1.56. The molecule has 0 heterocycles. The van der Waals surface area contributed by atoms with Crippen LogP contribution in [0.15, 0.2) is 18.2 Å². The summed E-state index contributed by atoms with van der Waals surface area (Å²) < 4.78 is 13.4. The lowest BCUT2D eigenvalue weighted by molar-refractivity contribution is -0.121. The van der Waals surface area contributed by atoms with Gasteiger partial charge in [-0.3, -0.25) is 4.79 Å². The van der Waals surface area contributed by atoms with Crippen molar-refractivity contribution in [2.24, 2.45) is 5.73 Å². The molecule has 18 heavy (non-hydrogen) atoms. The van der Waals surface area contributed by atoms with E-state index in [1.165, 1.54) is 12.1 Å². The molecule has 0 aliphatic carbocycles. The molecule has 1 rings (SSSR count). The van der Waals surface area contributed by atoms with Gasteiger partial charge in [0.05, 0.1) is 6.42 Å². The van der Waals surface area contributed by atoms with Crippen molar-refractivity contribution >= 4 is 29.9 Å². The van der Waals surface area contributed by atoms with Crippen LogP contribution in [0, 0.1) is 5.82 Å². The maximum absolute atomic E-state index is 13.4. The Labute approximate surface area is 117 Å². The van der Waals surface area contributed by atoms with Gasteiger partial charge in [-0.05, 0) is 26.0 Å². The molecule has 0 aliphatic heterocycles. The van der Waals surface area contributed by atoms with Crippen LogP contribution in [-0.2, 0) is 11.2 Å². The zero-order valence-corrected chi connectivity index (χ0v) is 11.9. The number of benzene rings is 1. The topological polar surface area (TPSA) is 55.1 Å². The van der Waals surface area contributed by atoms with E-state index in [4.69, 9.17) is 17.3 Å². The van der Waals surface area contributed by atoms with E-state index in [2.05, 4.69) is 5.32 Å². The van der Waals surface area contributed by atoms with Gasteiger partial charge in [-0.2, -0.15) is 0 Å². The second-order valence-corrected chi connectivity index (χ2v) is 4.92. The third-order valence-corrected chi connectivity index (χ3v) is 2.74. The lowest BCUT2D eigenvalue weighted by atomic mass is 10.0. The van der Waals surface area contributed by atoms with Crippen LogP contribution >= 0.6 is 24.0 Å². The molecule has 0 aromatic heterocycles. The summed E-state index contributed by atoms with van der Waals surface area (Å²) in [5, 5.41) is 2.97. The summed E-state index contributed by atoms with van der Waals surface area (Å²) >= 11 is 5.83. The van der Waals surface area contributed by atoms with Gasteiger partial charge in [-0.25, -0.2) is 4.39 Å². The third kappa shape index (κ3) is 4.80. The summed E-state index contributed by atoms with van der Waals surface area (Å²) in [6.45, 7) is 3.91. The summed E-state index contributed by atoms with van der Waals surface area (Å²) in [5.74, 6) is -0.773. The number of nitrogens with two attached hydrogens (primary N) is 1. The van der Waals surface area contributed by atoms with Gasteiger partial charge >= 0.3 is 0 Å². The van der Waals surface area contributed by atoms with Crippen molar-refractivity contribution in [3.8, 4) is 0 Å². The van der Waals surface area contributed by atoms with Crippen molar-refractivity contribution in [1.82, 2.24) is 5.32 Å². The third-order valence-electron chi connectivity index (χ3n) is 2.39. The maximum atomic E-state index is 13.4. The summed E-state index contributed by atoms with van der Waals surface area (Å²) in [6, 6.07) is 4.34. The van der Waals surface area contributed by atoms with Gasteiger partial charge in [0.25, 0.3) is 0 Å². The molecule has 0 fully saturated rings. The average molecular weight is 295 g/mol. The Bertz CT molecular complexity index is 404. The molecule has 0 unspecified atom stereocenters. The number of carbonyl (C=O) groups excluding carboxylic acids is 1. The normalized spacial score (nSPS) is 10.7. The number of amides is 1. The molecule has 3 N–H and O–H groups in total. The van der Waals surface area contributed by atoms with Crippen LogP contribution in [0.4, 0.5) is 4.39 Å². The fraction of sp³-hybridized carbons (Fsp3) is 0.417. The Morgan fingerprint density at radius 2 is 2.11 bits per heavy atom. The molecule has 3 nitrogen and oxygen atoms in total. The summed E-state index contributed by atoms with van der Waals surface area (Å²) in [7, 11) is 0. The summed E-state index contributed by atoms with van der Waals surface area (Å²) in [4.78, 5) is 11.7. The highest BCUT2D eigenvalue weighted by atomic mass is 35.5. The second kappa shape index (κ2) is 6.92. The molecule has 1 aromatic rings. The number of hydrogen-bond acceptors (Lipinski definition) is 2. The molecule has 0 saturated carbocycles. The number of hydrogen-bond donors (Lipinski definition) is 2. The first-order valence-electron chi connectivity index (χ1n) is 5.30. The van der Waals surface area contributed by atoms with E-state index < -0.39 is 11.4 Å². The molecule has 0 spiro atoms. The first-order chi connectivity index (χ1) is 7.85. The van der Waals surface area contributed by atoms with Crippen LogP contribution in [0.25, 0.3) is 0 Å². The Morgan fingerprint density at radius 3 is 2.61 bits per heavy atom. The van der Waals surface area contributed by atoms with E-state index in [0.29, 0.717) is 6.54 Å². The molecule has 6 heteroatoms. The Morgan fingerprint density at radius 1 is 1.50 bits per heavy atom. The van der Waals surface area contributed by atoms with Gasteiger partial charge in [0.1, 0.15) is 5.82 Å². The van der Waals surface area contributed by atoms with Crippen molar-refractivity contribution in [3.63, 3.8) is 0 Å². The van der Waals surface area contributed by atoms with Crippen molar-refractivity contribution in [1.29, 1.82) is 0 Å². The Hall–Kier alpha value is -0.840. The smallest absolute Gasteiger partial charge is 0.225 e. The largest absolute Gasteiger partial charge is 0.350 e. The molecule has 0 bridgehead atoms. The summed E-state index contributed by atoms with van der Waals surface area (Å²) in [6.07, 6.45) is -0.0884. The van der Waals surface area contributed by atoms with E-state index in [1.54, 1.807) is 19.9 Å². The summed E-state index contributed by atoms with van der Waals surface area (Å²) in [5.41, 5.74) is 5.20. The minimum absolute atomic E-state index is 0. The van der Waals surface area contributed by atoms with Gasteiger partial charge in [0.15, 0.2) is 0 Å². The van der Waals surface area contributed by atoms with Crippen molar-refractivity contribution in [2.75, 3.05) is 6.54 Å². The van der Waals surface area contributed by atoms with Crippen LogP contribution in [-0.4, -0.2) is 18.0 Å². The van der Waals surface area contributed by atoms with Gasteiger partial charge < -0.3 is 11.1 Å². The predicted octanol–water partition coefficient (Wildman–Crippen LogP) is 2.30. The number of rotatable bonds is 4. The number of halogens is 3. The molecule has 0 atom stereocenters. The van der Waals surface area contributed by atoms with Crippen molar-refractivity contribution < 1.29 is 9.18 Å². The first-order valence-corrected chi connectivity index (χ1v) is 5.67. The van der Waals surface area contributed by atoms with Crippen molar-refractivity contribution in [3.05, 3.63) is 34.6 Å². The fourth-order valence-electron chi connectivity index (χ4n) is 1.33. The highest BCUT2D eigenvalue weighted by Crippen LogP contribution is 2.19. The van der Waals surface area contributed by atoms with Crippen LogP contribution < -0.4 is 11.1 Å². The predicted molar refractivity (Wildman–Crippen MR) is 73.6 cm³/mol.